The van der Waals surface area contributed by atoms with Crippen LogP contribution in [0.2, 0.25) is 0 Å². The summed E-state index contributed by atoms with van der Waals surface area (Å²) >= 11 is 0. The summed E-state index contributed by atoms with van der Waals surface area (Å²) in [6, 6.07) is 10.8. The van der Waals surface area contributed by atoms with E-state index in [2.05, 4.69) is 55.5 Å². The highest BCUT2D eigenvalue weighted by Crippen LogP contribution is 2.49. The number of benzene rings is 1. The number of ether oxygens (including phenoxy) is 2. The van der Waals surface area contributed by atoms with E-state index in [9.17, 15) is 9.90 Å². The van der Waals surface area contributed by atoms with Gasteiger partial charge in [0.05, 0.1) is 12.7 Å². The number of esters is 1. The molecule has 0 spiro atoms. The molecule has 1 N–H and O–H groups in total. The zero-order valence-electron chi connectivity index (χ0n) is 24.9. The van der Waals surface area contributed by atoms with Gasteiger partial charge in [0.2, 0.25) is 0 Å². The Bertz CT molecular complexity index is 964. The van der Waals surface area contributed by atoms with Crippen molar-refractivity contribution < 1.29 is 19.4 Å². The van der Waals surface area contributed by atoms with Gasteiger partial charge in [-0.1, -0.05) is 86.1 Å². The Morgan fingerprint density at radius 3 is 2.51 bits per heavy atom. The highest BCUT2D eigenvalue weighted by atomic mass is 16.6. The monoisotopic (exact) mass is 536 g/mol. The van der Waals surface area contributed by atoms with Gasteiger partial charge in [-0.05, 0) is 96.0 Å². The normalized spacial score (nSPS) is 23.3. The van der Waals surface area contributed by atoms with Crippen molar-refractivity contribution in [1.82, 2.24) is 0 Å². The molecule has 0 saturated heterocycles. The van der Waals surface area contributed by atoms with Gasteiger partial charge in [-0.3, -0.25) is 0 Å². The van der Waals surface area contributed by atoms with Gasteiger partial charge in [-0.15, -0.1) is 0 Å². The van der Waals surface area contributed by atoms with Gasteiger partial charge in [0, 0.05) is 5.41 Å². The molecule has 0 bridgehead atoms. The molecule has 0 aliphatic heterocycles. The lowest BCUT2D eigenvalue weighted by molar-refractivity contribution is -0.159. The molecule has 0 aromatic heterocycles. The predicted molar refractivity (Wildman–Crippen MR) is 161 cm³/mol. The number of rotatable bonds is 14. The van der Waals surface area contributed by atoms with Crippen molar-refractivity contribution in [1.29, 1.82) is 0 Å². The molecule has 2 aliphatic rings. The van der Waals surface area contributed by atoms with E-state index in [1.54, 1.807) is 0 Å². The van der Waals surface area contributed by atoms with E-state index >= 15 is 0 Å². The summed E-state index contributed by atoms with van der Waals surface area (Å²) in [5.74, 6) is -0.327. The molecule has 1 aromatic rings. The molecular formula is C35H52O4. The van der Waals surface area contributed by atoms with Crippen LogP contribution >= 0.6 is 0 Å². The number of carbonyl (C=O) groups excluding carboxylic acids is 1. The summed E-state index contributed by atoms with van der Waals surface area (Å²) < 4.78 is 10.9. The SMILES string of the molecule is CC(C)(C)OC(=O)COC/C=C1\CCCC[C@@]1(C)/C=C/C=C/C(O)CCC1(CCCc2ccccc2)CCC1. The van der Waals surface area contributed by atoms with Crippen molar-refractivity contribution in [3.63, 3.8) is 0 Å². The highest BCUT2D eigenvalue weighted by Gasteiger charge is 2.36. The van der Waals surface area contributed by atoms with Gasteiger partial charge in [-0.25, -0.2) is 4.79 Å². The fourth-order valence-corrected chi connectivity index (χ4v) is 6.08. The molecule has 4 heteroatoms. The van der Waals surface area contributed by atoms with Gasteiger partial charge in [0.25, 0.3) is 0 Å². The molecule has 2 atom stereocenters. The fraction of sp³-hybridized carbons (Fsp3) is 0.629. The van der Waals surface area contributed by atoms with Gasteiger partial charge >= 0.3 is 5.97 Å². The molecule has 4 nitrogen and oxygen atoms in total. The summed E-state index contributed by atoms with van der Waals surface area (Å²) in [4.78, 5) is 11.9. The van der Waals surface area contributed by atoms with E-state index < -0.39 is 11.7 Å². The number of allylic oxidation sites excluding steroid dienone is 4. The Kier molecular flexibility index (Phi) is 12.1. The Labute approximate surface area is 237 Å². The molecule has 0 heterocycles. The van der Waals surface area contributed by atoms with Crippen LogP contribution in [0.4, 0.5) is 0 Å². The standard InChI is InChI=1S/C35H52O4/c1-33(2,3)39-32(37)28-38-27-20-30-17-8-10-21-34(30,4)22-11-9-18-31(36)19-26-35(24-13-25-35)23-12-16-29-14-6-5-7-15-29/h5-7,9,11,14-15,18,20,22,31,36H,8,10,12-13,16-17,19,21,23-28H2,1-4H3/b18-9+,22-11+,30-20+/t31?,34-/m0/s1. The van der Waals surface area contributed by atoms with E-state index in [0.29, 0.717) is 12.0 Å². The minimum absolute atomic E-state index is 0.0163. The summed E-state index contributed by atoms with van der Waals surface area (Å²) in [6.07, 6.45) is 24.2. The second-order valence-electron chi connectivity index (χ2n) is 13.0. The topological polar surface area (TPSA) is 55.8 Å². The van der Waals surface area contributed by atoms with E-state index in [4.69, 9.17) is 9.47 Å². The van der Waals surface area contributed by atoms with Gasteiger partial charge < -0.3 is 14.6 Å². The molecule has 3 rings (SSSR count). The lowest BCUT2D eigenvalue weighted by atomic mass is 9.63. The number of aryl methyl sites for hydroxylation is 1. The lowest BCUT2D eigenvalue weighted by Gasteiger charge is -2.43. The predicted octanol–water partition coefficient (Wildman–Crippen LogP) is 8.30. The van der Waals surface area contributed by atoms with Crippen molar-refractivity contribution in [2.75, 3.05) is 13.2 Å². The van der Waals surface area contributed by atoms with Gasteiger partial charge in [0.15, 0.2) is 0 Å². The lowest BCUT2D eigenvalue weighted by Crippen LogP contribution is -2.30. The van der Waals surface area contributed by atoms with Gasteiger partial charge in [-0.2, -0.15) is 0 Å². The molecule has 1 aromatic carbocycles. The first-order chi connectivity index (χ1) is 18.6. The minimum Gasteiger partial charge on any atom is -0.458 e. The quantitative estimate of drug-likeness (QED) is 0.112. The van der Waals surface area contributed by atoms with Crippen LogP contribution in [-0.4, -0.2) is 36.0 Å². The maximum absolute atomic E-state index is 11.9. The number of carbonyl (C=O) groups is 1. The number of aliphatic hydroxyl groups is 1. The van der Waals surface area contributed by atoms with Gasteiger partial charge in [0.1, 0.15) is 12.2 Å². The molecule has 216 valence electrons. The van der Waals surface area contributed by atoms with Crippen LogP contribution in [0.5, 0.6) is 0 Å². The molecule has 2 aliphatic carbocycles. The zero-order chi connectivity index (χ0) is 28.2. The van der Waals surface area contributed by atoms with Crippen molar-refractivity contribution in [3.05, 3.63) is 71.8 Å². The Hall–Kier alpha value is -2.17. The van der Waals surface area contributed by atoms with E-state index in [-0.39, 0.29) is 18.0 Å². The third kappa shape index (κ3) is 11.1. The number of aliphatic hydroxyl groups excluding tert-OH is 1. The van der Waals surface area contributed by atoms with Crippen LogP contribution in [0.25, 0.3) is 0 Å². The first-order valence-electron chi connectivity index (χ1n) is 15.2. The van der Waals surface area contributed by atoms with E-state index in [0.717, 1.165) is 32.1 Å². The number of hydrogen-bond acceptors (Lipinski definition) is 4. The first kappa shape index (κ1) is 31.4. The third-order valence-corrected chi connectivity index (χ3v) is 8.52. The molecule has 1 unspecified atom stereocenters. The van der Waals surface area contributed by atoms with Crippen molar-refractivity contribution in [3.8, 4) is 0 Å². The summed E-state index contributed by atoms with van der Waals surface area (Å²) in [5, 5.41) is 10.7. The van der Waals surface area contributed by atoms with Crippen LogP contribution in [-0.2, 0) is 20.7 Å². The third-order valence-electron chi connectivity index (χ3n) is 8.52. The molecule has 0 radical (unpaired) electrons. The van der Waals surface area contributed by atoms with E-state index in [1.165, 1.54) is 56.1 Å². The second kappa shape index (κ2) is 15.0. The Balaban J connectivity index is 1.42. The van der Waals surface area contributed by atoms with Crippen molar-refractivity contribution >= 4 is 5.97 Å². The van der Waals surface area contributed by atoms with Crippen LogP contribution in [0.15, 0.2) is 66.3 Å². The molecule has 0 amide bonds. The largest absolute Gasteiger partial charge is 0.458 e. The highest BCUT2D eigenvalue weighted by molar-refractivity contribution is 5.71. The smallest absolute Gasteiger partial charge is 0.332 e. The molecule has 2 fully saturated rings. The maximum Gasteiger partial charge on any atom is 0.332 e. The molecule has 2 saturated carbocycles. The summed E-state index contributed by atoms with van der Waals surface area (Å²) in [7, 11) is 0. The zero-order valence-corrected chi connectivity index (χ0v) is 24.9. The average molecular weight is 537 g/mol. The molecule has 39 heavy (non-hydrogen) atoms. The second-order valence-corrected chi connectivity index (χ2v) is 13.0. The van der Waals surface area contributed by atoms with Crippen LogP contribution in [0.1, 0.15) is 104 Å². The maximum atomic E-state index is 11.9. The summed E-state index contributed by atoms with van der Waals surface area (Å²) in [5.41, 5.74) is 2.73. The Morgan fingerprint density at radius 1 is 1.05 bits per heavy atom. The van der Waals surface area contributed by atoms with Crippen molar-refractivity contribution in [2.24, 2.45) is 10.8 Å². The Morgan fingerprint density at radius 2 is 1.82 bits per heavy atom. The van der Waals surface area contributed by atoms with Crippen molar-refractivity contribution in [2.45, 2.75) is 116 Å². The average Bonchev–Trinajstić information content (AvgIpc) is 2.86. The first-order valence-corrected chi connectivity index (χ1v) is 15.2. The van der Waals surface area contributed by atoms with Crippen LogP contribution in [0, 0.1) is 10.8 Å². The van der Waals surface area contributed by atoms with Crippen LogP contribution in [0.3, 0.4) is 0 Å². The summed E-state index contributed by atoms with van der Waals surface area (Å²) in [6.45, 7) is 8.25. The van der Waals surface area contributed by atoms with Crippen LogP contribution < -0.4 is 0 Å². The van der Waals surface area contributed by atoms with E-state index in [1.807, 2.05) is 32.9 Å². The minimum atomic E-state index is -0.492. The number of hydrogen-bond donors (Lipinski definition) is 1. The fourth-order valence-electron chi connectivity index (χ4n) is 6.08. The molecular weight excluding hydrogens is 484 g/mol.